The highest BCUT2D eigenvalue weighted by Crippen LogP contribution is 2.12. The van der Waals surface area contributed by atoms with Crippen LogP contribution in [0.5, 0.6) is 0 Å². The minimum absolute atomic E-state index is 1.00. The summed E-state index contributed by atoms with van der Waals surface area (Å²) in [6, 6.07) is 14.7. The van der Waals surface area contributed by atoms with Crippen molar-refractivity contribution in [3.8, 4) is 0 Å². The Morgan fingerprint density at radius 1 is 0.905 bits per heavy atom. The molecule has 1 aliphatic rings. The lowest BCUT2D eigenvalue weighted by molar-refractivity contribution is 0.254. The number of aryl methyl sites for hydroxylation is 1. The van der Waals surface area contributed by atoms with E-state index in [-0.39, 0.29) is 0 Å². The summed E-state index contributed by atoms with van der Waals surface area (Å²) in [4.78, 5) is 4.87. The van der Waals surface area contributed by atoms with E-state index >= 15 is 0 Å². The lowest BCUT2D eigenvalue weighted by Gasteiger charge is -2.35. The first-order valence-corrected chi connectivity index (χ1v) is 7.71. The van der Waals surface area contributed by atoms with Crippen molar-refractivity contribution in [2.24, 2.45) is 0 Å². The van der Waals surface area contributed by atoms with Crippen LogP contribution < -0.4 is 4.90 Å². The minimum Gasteiger partial charge on any atom is -0.353 e. The van der Waals surface area contributed by atoms with Gasteiger partial charge < -0.3 is 4.90 Å². The van der Waals surface area contributed by atoms with Gasteiger partial charge in [-0.1, -0.05) is 30.3 Å². The molecule has 110 valence electrons. The monoisotopic (exact) mass is 282 g/mol. The predicted octanol–water partition coefficient (Wildman–Crippen LogP) is 2.23. The van der Waals surface area contributed by atoms with Crippen LogP contribution in [0.2, 0.25) is 0 Å². The van der Waals surface area contributed by atoms with Gasteiger partial charge in [0.25, 0.3) is 0 Å². The summed E-state index contributed by atoms with van der Waals surface area (Å²) in [6.07, 6.45) is 4.13. The second-order valence-electron chi connectivity index (χ2n) is 5.50. The topological polar surface area (TPSA) is 32.3 Å². The van der Waals surface area contributed by atoms with Gasteiger partial charge in [-0.05, 0) is 37.1 Å². The molecule has 2 aromatic rings. The number of hydrogen-bond donors (Lipinski definition) is 0. The van der Waals surface area contributed by atoms with Crippen LogP contribution in [0.15, 0.2) is 48.7 Å². The van der Waals surface area contributed by atoms with Crippen molar-refractivity contribution < 1.29 is 0 Å². The molecule has 0 saturated carbocycles. The molecule has 0 atom stereocenters. The molecule has 1 fully saturated rings. The summed E-state index contributed by atoms with van der Waals surface area (Å²) in [6.45, 7) is 5.51. The highest BCUT2D eigenvalue weighted by molar-refractivity contribution is 5.36. The van der Waals surface area contributed by atoms with E-state index in [2.05, 4.69) is 50.3 Å². The van der Waals surface area contributed by atoms with Crippen LogP contribution in [-0.4, -0.2) is 47.8 Å². The Morgan fingerprint density at radius 3 is 2.43 bits per heavy atom. The molecule has 0 amide bonds. The predicted molar refractivity (Wildman–Crippen MR) is 85.4 cm³/mol. The fraction of sp³-hybridized carbons (Fsp3) is 0.412. The third-order valence-corrected chi connectivity index (χ3v) is 4.04. The third-order valence-electron chi connectivity index (χ3n) is 4.04. The standard InChI is InChI=1S/C17H22N4/c1-2-6-16(7-3-1)8-5-11-20-12-14-21(15-13-20)17-9-4-10-18-19-17/h1-4,6-7,9-10H,5,8,11-15H2. The van der Waals surface area contributed by atoms with Crippen molar-refractivity contribution >= 4 is 5.82 Å². The van der Waals surface area contributed by atoms with Gasteiger partial charge in [0.2, 0.25) is 0 Å². The van der Waals surface area contributed by atoms with Crippen molar-refractivity contribution in [1.82, 2.24) is 15.1 Å². The van der Waals surface area contributed by atoms with Crippen LogP contribution in [0.3, 0.4) is 0 Å². The molecule has 1 aliphatic heterocycles. The van der Waals surface area contributed by atoms with E-state index in [9.17, 15) is 0 Å². The van der Waals surface area contributed by atoms with Gasteiger partial charge in [-0.3, -0.25) is 4.90 Å². The number of hydrogen-bond acceptors (Lipinski definition) is 4. The molecule has 3 rings (SSSR count). The van der Waals surface area contributed by atoms with E-state index in [1.807, 2.05) is 12.1 Å². The molecule has 0 radical (unpaired) electrons. The lowest BCUT2D eigenvalue weighted by Crippen LogP contribution is -2.47. The minimum atomic E-state index is 1.00. The average Bonchev–Trinajstić information content (AvgIpc) is 2.57. The van der Waals surface area contributed by atoms with Crippen molar-refractivity contribution in [3.63, 3.8) is 0 Å². The smallest absolute Gasteiger partial charge is 0.151 e. The summed E-state index contributed by atoms with van der Waals surface area (Å²) in [7, 11) is 0. The SMILES string of the molecule is c1ccc(CCCN2CCN(c3cccnn3)CC2)cc1. The molecule has 2 heterocycles. The molecule has 0 aliphatic carbocycles. The first-order chi connectivity index (χ1) is 10.4. The molecule has 4 nitrogen and oxygen atoms in total. The Hall–Kier alpha value is -1.94. The van der Waals surface area contributed by atoms with Gasteiger partial charge in [0, 0.05) is 32.4 Å². The molecule has 0 N–H and O–H groups in total. The second-order valence-corrected chi connectivity index (χ2v) is 5.50. The van der Waals surface area contributed by atoms with Crippen LogP contribution in [0, 0.1) is 0 Å². The van der Waals surface area contributed by atoms with E-state index in [0.29, 0.717) is 0 Å². The molecule has 4 heteroatoms. The maximum absolute atomic E-state index is 4.19. The van der Waals surface area contributed by atoms with E-state index in [1.54, 1.807) is 6.20 Å². The Labute approximate surface area is 126 Å². The first-order valence-electron chi connectivity index (χ1n) is 7.71. The van der Waals surface area contributed by atoms with Gasteiger partial charge in [0.05, 0.1) is 0 Å². The summed E-state index contributed by atoms with van der Waals surface area (Å²) in [5.74, 6) is 1.00. The third kappa shape index (κ3) is 4.02. The van der Waals surface area contributed by atoms with E-state index < -0.39 is 0 Å². The fourth-order valence-corrected chi connectivity index (χ4v) is 2.81. The largest absolute Gasteiger partial charge is 0.353 e. The van der Waals surface area contributed by atoms with E-state index in [0.717, 1.165) is 32.0 Å². The lowest BCUT2D eigenvalue weighted by atomic mass is 10.1. The quantitative estimate of drug-likeness (QED) is 0.842. The first kappa shape index (κ1) is 14.0. The van der Waals surface area contributed by atoms with Crippen LogP contribution in [-0.2, 0) is 6.42 Å². The van der Waals surface area contributed by atoms with Gasteiger partial charge in [-0.15, -0.1) is 5.10 Å². The number of rotatable bonds is 5. The molecule has 1 aromatic heterocycles. The number of benzene rings is 1. The van der Waals surface area contributed by atoms with Crippen molar-refractivity contribution in [1.29, 1.82) is 0 Å². The molecular weight excluding hydrogens is 260 g/mol. The molecule has 0 bridgehead atoms. The van der Waals surface area contributed by atoms with Gasteiger partial charge in [-0.2, -0.15) is 5.10 Å². The van der Waals surface area contributed by atoms with Crippen LogP contribution >= 0.6 is 0 Å². The van der Waals surface area contributed by atoms with E-state index in [4.69, 9.17) is 0 Å². The van der Waals surface area contributed by atoms with Gasteiger partial charge in [0.15, 0.2) is 5.82 Å². The summed E-state index contributed by atoms with van der Waals surface area (Å²) in [5.41, 5.74) is 1.44. The van der Waals surface area contributed by atoms with Crippen LogP contribution in [0.25, 0.3) is 0 Å². The maximum Gasteiger partial charge on any atom is 0.151 e. The second kappa shape index (κ2) is 7.18. The molecule has 0 spiro atoms. The van der Waals surface area contributed by atoms with Crippen molar-refractivity contribution in [2.45, 2.75) is 12.8 Å². The number of piperazine rings is 1. The molecule has 1 saturated heterocycles. The number of nitrogens with zero attached hydrogens (tertiary/aromatic N) is 4. The number of aromatic nitrogens is 2. The summed E-state index contributed by atoms with van der Waals surface area (Å²) < 4.78 is 0. The van der Waals surface area contributed by atoms with Gasteiger partial charge in [0.1, 0.15) is 0 Å². The van der Waals surface area contributed by atoms with Gasteiger partial charge >= 0.3 is 0 Å². The van der Waals surface area contributed by atoms with Crippen LogP contribution in [0.1, 0.15) is 12.0 Å². The normalized spacial score (nSPS) is 16.1. The summed E-state index contributed by atoms with van der Waals surface area (Å²) in [5, 5.41) is 8.14. The zero-order chi connectivity index (χ0) is 14.3. The Bertz CT molecular complexity index is 518. The molecule has 1 aromatic carbocycles. The molecular formula is C17H22N4. The van der Waals surface area contributed by atoms with Gasteiger partial charge in [-0.25, -0.2) is 0 Å². The molecule has 21 heavy (non-hydrogen) atoms. The average molecular weight is 282 g/mol. The number of anilines is 1. The zero-order valence-electron chi connectivity index (χ0n) is 12.4. The Balaban J connectivity index is 1.40. The highest BCUT2D eigenvalue weighted by Gasteiger charge is 2.17. The zero-order valence-corrected chi connectivity index (χ0v) is 12.4. The van der Waals surface area contributed by atoms with Crippen molar-refractivity contribution in [2.75, 3.05) is 37.6 Å². The van der Waals surface area contributed by atoms with Crippen LogP contribution in [0.4, 0.5) is 5.82 Å². The maximum atomic E-state index is 4.19. The Morgan fingerprint density at radius 2 is 1.71 bits per heavy atom. The Kier molecular flexibility index (Phi) is 4.79. The fourth-order valence-electron chi connectivity index (χ4n) is 2.81. The highest BCUT2D eigenvalue weighted by atomic mass is 15.3. The van der Waals surface area contributed by atoms with E-state index in [1.165, 1.54) is 24.9 Å². The van der Waals surface area contributed by atoms with Crippen molar-refractivity contribution in [3.05, 3.63) is 54.2 Å². The summed E-state index contributed by atoms with van der Waals surface area (Å²) >= 11 is 0. The molecule has 0 unspecified atom stereocenters.